The number of anilines is 2. The number of benzene rings is 2. The third-order valence-electron chi connectivity index (χ3n) is 5.36. The minimum Gasteiger partial charge on any atom is -0.491 e. The average Bonchev–Trinajstić information content (AvgIpc) is 2.79. The number of ether oxygens (including phenoxy) is 1. The second-order valence-electron chi connectivity index (χ2n) is 8.38. The lowest BCUT2D eigenvalue weighted by Crippen LogP contribution is -2.48. The van der Waals surface area contributed by atoms with Crippen molar-refractivity contribution >= 4 is 52.1 Å². The highest BCUT2D eigenvalue weighted by Crippen LogP contribution is 2.29. The number of nitrogens with one attached hydrogen (secondary N) is 2. The van der Waals surface area contributed by atoms with Crippen LogP contribution in [0.2, 0.25) is 5.02 Å². The molecule has 3 rings (SSSR count). The maximum Gasteiger partial charge on any atom is 0.257 e. The highest BCUT2D eigenvalue weighted by molar-refractivity contribution is 7.80. The Morgan fingerprint density at radius 1 is 1.09 bits per heavy atom. The van der Waals surface area contributed by atoms with Gasteiger partial charge in [0.15, 0.2) is 5.11 Å². The first kappa shape index (κ1) is 25.8. The van der Waals surface area contributed by atoms with Crippen LogP contribution in [0, 0.1) is 0 Å². The minimum atomic E-state index is -0.313. The third-order valence-corrected chi connectivity index (χ3v) is 5.86. The van der Waals surface area contributed by atoms with Gasteiger partial charge in [-0.3, -0.25) is 14.9 Å². The largest absolute Gasteiger partial charge is 0.491 e. The summed E-state index contributed by atoms with van der Waals surface area (Å²) >= 11 is 11.8. The molecule has 2 aromatic carbocycles. The molecule has 1 saturated heterocycles. The quantitative estimate of drug-likeness (QED) is 0.534. The molecule has 1 aliphatic rings. The average molecular weight is 503 g/mol. The van der Waals surface area contributed by atoms with Gasteiger partial charge in [0.1, 0.15) is 5.75 Å². The number of carbonyl (C=O) groups excluding carboxylic acids is 2. The fourth-order valence-corrected chi connectivity index (χ4v) is 4.22. The van der Waals surface area contributed by atoms with Gasteiger partial charge in [0.25, 0.3) is 5.91 Å². The summed E-state index contributed by atoms with van der Waals surface area (Å²) in [4.78, 5) is 28.7. The summed E-state index contributed by atoms with van der Waals surface area (Å²) < 4.78 is 5.60. The summed E-state index contributed by atoms with van der Waals surface area (Å²) in [6, 6.07) is 12.5. The van der Waals surface area contributed by atoms with Crippen LogP contribution in [-0.2, 0) is 4.79 Å². The number of rotatable bonds is 7. The Labute approximate surface area is 211 Å². The molecule has 0 radical (unpaired) electrons. The Morgan fingerprint density at radius 2 is 1.76 bits per heavy atom. The van der Waals surface area contributed by atoms with Crippen LogP contribution < -0.4 is 20.3 Å². The lowest BCUT2D eigenvalue weighted by molar-refractivity contribution is -0.131. The standard InChI is InChI=1S/C25H31ClN4O3S/c1-4-5-23(31)30-14-12-29(13-15-30)22-11-8-19(16-21(22)26)27-25(34)28-24(32)18-6-9-20(10-7-18)33-17(2)3/h6-11,16-17H,4-5,12-15H2,1-3H3,(H2,27,28,32,34). The molecule has 0 atom stereocenters. The summed E-state index contributed by atoms with van der Waals surface area (Å²) in [5, 5.41) is 6.44. The van der Waals surface area contributed by atoms with Crippen LogP contribution in [0.5, 0.6) is 5.75 Å². The molecule has 0 aromatic heterocycles. The van der Waals surface area contributed by atoms with E-state index in [1.54, 1.807) is 30.3 Å². The van der Waals surface area contributed by atoms with Crippen LogP contribution in [0.25, 0.3) is 0 Å². The van der Waals surface area contributed by atoms with Crippen molar-refractivity contribution in [1.82, 2.24) is 10.2 Å². The second-order valence-corrected chi connectivity index (χ2v) is 9.20. The number of hydrogen-bond donors (Lipinski definition) is 2. The van der Waals surface area contributed by atoms with Crippen LogP contribution in [0.3, 0.4) is 0 Å². The van der Waals surface area contributed by atoms with E-state index < -0.39 is 0 Å². The van der Waals surface area contributed by atoms with E-state index in [-0.39, 0.29) is 23.0 Å². The summed E-state index contributed by atoms with van der Waals surface area (Å²) in [7, 11) is 0. The van der Waals surface area contributed by atoms with Crippen LogP contribution in [0.4, 0.5) is 11.4 Å². The number of nitrogens with zero attached hydrogens (tertiary/aromatic N) is 2. The molecule has 2 N–H and O–H groups in total. The lowest BCUT2D eigenvalue weighted by atomic mass is 10.2. The van der Waals surface area contributed by atoms with Gasteiger partial charge in [0, 0.05) is 43.9 Å². The van der Waals surface area contributed by atoms with Crippen molar-refractivity contribution in [3.8, 4) is 5.75 Å². The molecule has 9 heteroatoms. The smallest absolute Gasteiger partial charge is 0.257 e. The fourth-order valence-electron chi connectivity index (χ4n) is 3.70. The van der Waals surface area contributed by atoms with E-state index in [9.17, 15) is 9.59 Å². The Kier molecular flexibility index (Phi) is 9.12. The molecule has 7 nitrogen and oxygen atoms in total. The summed E-state index contributed by atoms with van der Waals surface area (Å²) in [5.74, 6) is 0.603. The van der Waals surface area contributed by atoms with E-state index in [0.29, 0.717) is 41.5 Å². The molecule has 1 heterocycles. The highest BCUT2D eigenvalue weighted by atomic mass is 35.5. The van der Waals surface area contributed by atoms with Crippen LogP contribution in [-0.4, -0.2) is 54.1 Å². The zero-order valence-corrected chi connectivity index (χ0v) is 21.3. The predicted octanol–water partition coefficient (Wildman–Crippen LogP) is 4.70. The Morgan fingerprint density at radius 3 is 2.35 bits per heavy atom. The molecule has 182 valence electrons. The van der Waals surface area contributed by atoms with Crippen molar-refractivity contribution in [2.24, 2.45) is 0 Å². The molecule has 2 amide bonds. The molecular weight excluding hydrogens is 472 g/mol. The van der Waals surface area contributed by atoms with E-state index in [0.717, 1.165) is 25.2 Å². The molecule has 0 aliphatic carbocycles. The van der Waals surface area contributed by atoms with Crippen LogP contribution >= 0.6 is 23.8 Å². The van der Waals surface area contributed by atoms with E-state index in [2.05, 4.69) is 15.5 Å². The van der Waals surface area contributed by atoms with Crippen LogP contribution in [0.1, 0.15) is 44.0 Å². The number of hydrogen-bond acceptors (Lipinski definition) is 5. The van der Waals surface area contributed by atoms with E-state index in [1.165, 1.54) is 0 Å². The molecule has 2 aromatic rings. The predicted molar refractivity (Wildman–Crippen MR) is 141 cm³/mol. The first-order valence-corrected chi connectivity index (χ1v) is 12.3. The van der Waals surface area contributed by atoms with Gasteiger partial charge < -0.3 is 19.9 Å². The summed E-state index contributed by atoms with van der Waals surface area (Å²) in [6.45, 7) is 8.75. The van der Waals surface area contributed by atoms with Crippen molar-refractivity contribution in [2.75, 3.05) is 36.4 Å². The molecule has 0 saturated carbocycles. The van der Waals surface area contributed by atoms with Gasteiger partial charge in [-0.15, -0.1) is 0 Å². The molecular formula is C25H31ClN4O3S. The van der Waals surface area contributed by atoms with Gasteiger partial charge in [-0.05, 0) is 75.0 Å². The fraction of sp³-hybridized carbons (Fsp3) is 0.400. The number of halogens is 1. The minimum absolute atomic E-state index is 0.0641. The molecule has 0 spiro atoms. The molecule has 0 unspecified atom stereocenters. The SMILES string of the molecule is CCCC(=O)N1CCN(c2ccc(NC(=S)NC(=O)c3ccc(OC(C)C)cc3)cc2Cl)CC1. The normalized spacial score (nSPS) is 13.6. The number of carbonyl (C=O) groups is 2. The Balaban J connectivity index is 1.53. The van der Waals surface area contributed by atoms with Crippen molar-refractivity contribution in [1.29, 1.82) is 0 Å². The van der Waals surface area contributed by atoms with Gasteiger partial charge in [-0.1, -0.05) is 18.5 Å². The van der Waals surface area contributed by atoms with Crippen LogP contribution in [0.15, 0.2) is 42.5 Å². The Bertz CT molecular complexity index is 1020. The van der Waals surface area contributed by atoms with Crippen molar-refractivity contribution < 1.29 is 14.3 Å². The Hall–Kier alpha value is -2.84. The first-order valence-electron chi connectivity index (χ1n) is 11.5. The first-order chi connectivity index (χ1) is 16.3. The lowest BCUT2D eigenvalue weighted by Gasteiger charge is -2.36. The van der Waals surface area contributed by atoms with E-state index in [4.69, 9.17) is 28.6 Å². The van der Waals surface area contributed by atoms with E-state index >= 15 is 0 Å². The zero-order valence-electron chi connectivity index (χ0n) is 19.8. The number of thiocarbonyl (C=S) groups is 1. The van der Waals surface area contributed by atoms with Gasteiger partial charge in [-0.2, -0.15) is 0 Å². The molecule has 1 fully saturated rings. The second kappa shape index (κ2) is 12.0. The maximum atomic E-state index is 12.5. The topological polar surface area (TPSA) is 73.9 Å². The van der Waals surface area contributed by atoms with Crippen molar-refractivity contribution in [3.05, 3.63) is 53.1 Å². The van der Waals surface area contributed by atoms with Gasteiger partial charge in [0.2, 0.25) is 5.91 Å². The van der Waals surface area contributed by atoms with Crippen molar-refractivity contribution in [2.45, 2.75) is 39.7 Å². The summed E-state index contributed by atoms with van der Waals surface area (Å²) in [5.41, 5.74) is 2.06. The monoisotopic (exact) mass is 502 g/mol. The molecule has 1 aliphatic heterocycles. The van der Waals surface area contributed by atoms with E-state index in [1.807, 2.05) is 37.8 Å². The maximum absolute atomic E-state index is 12.5. The number of amides is 2. The van der Waals surface area contributed by atoms with Gasteiger partial charge >= 0.3 is 0 Å². The molecule has 0 bridgehead atoms. The van der Waals surface area contributed by atoms with Crippen molar-refractivity contribution in [3.63, 3.8) is 0 Å². The van der Waals surface area contributed by atoms with Gasteiger partial charge in [0.05, 0.1) is 16.8 Å². The third kappa shape index (κ3) is 7.08. The highest BCUT2D eigenvalue weighted by Gasteiger charge is 2.22. The van der Waals surface area contributed by atoms with Gasteiger partial charge in [-0.25, -0.2) is 0 Å². The molecule has 34 heavy (non-hydrogen) atoms. The number of piperazine rings is 1. The summed E-state index contributed by atoms with van der Waals surface area (Å²) in [6.07, 6.45) is 1.52. The zero-order chi connectivity index (χ0) is 24.7.